The number of phenols is 1. The number of hydrogen-bond acceptors (Lipinski definition) is 7. The first-order valence-corrected chi connectivity index (χ1v) is 17.5. The average molecular weight is 743 g/mol. The lowest BCUT2D eigenvalue weighted by Crippen LogP contribution is -2.47. The number of benzene rings is 2. The molecule has 2 saturated heterocycles. The van der Waals surface area contributed by atoms with E-state index in [0.717, 1.165) is 54.8 Å². The number of carbonyl (C=O) groups is 2. The summed E-state index contributed by atoms with van der Waals surface area (Å²) < 4.78 is 5.98. The number of aliphatic hydroxyl groups is 2. The van der Waals surface area contributed by atoms with Gasteiger partial charge in [-0.05, 0) is 96.4 Å². The predicted molar refractivity (Wildman–Crippen MR) is 187 cm³/mol. The summed E-state index contributed by atoms with van der Waals surface area (Å²) in [5, 5.41) is 32.6. The van der Waals surface area contributed by atoms with Crippen LogP contribution in [-0.4, -0.2) is 75.9 Å². The topological polar surface area (TPSA) is 111 Å². The maximum Gasteiger partial charge on any atom is 0.234 e. The van der Waals surface area contributed by atoms with Crippen LogP contribution in [0.15, 0.2) is 59.2 Å². The molecule has 5 rings (SSSR count). The van der Waals surface area contributed by atoms with Crippen LogP contribution < -0.4 is 4.74 Å². The van der Waals surface area contributed by atoms with Gasteiger partial charge in [-0.1, -0.05) is 61.4 Å². The van der Waals surface area contributed by atoms with Crippen molar-refractivity contribution in [2.75, 3.05) is 26.8 Å². The number of aromatic hydroxyl groups is 1. The molecular weight excluding hydrogens is 695 g/mol. The summed E-state index contributed by atoms with van der Waals surface area (Å²) in [7, 11) is 1.52. The Bertz CT molecular complexity index is 1480. The van der Waals surface area contributed by atoms with Crippen LogP contribution in [0.5, 0.6) is 11.5 Å². The van der Waals surface area contributed by atoms with Crippen LogP contribution in [0, 0.1) is 27.2 Å². The third-order valence-corrected chi connectivity index (χ3v) is 10.9. The zero-order chi connectivity index (χ0) is 33.1. The van der Waals surface area contributed by atoms with Crippen LogP contribution in [-0.2, 0) is 16.1 Å². The minimum Gasteiger partial charge on any atom is -0.504 e. The number of likely N-dealkylation sites (tertiary alicyclic amines) is 2. The fourth-order valence-corrected chi connectivity index (χ4v) is 8.34. The van der Waals surface area contributed by atoms with Crippen molar-refractivity contribution in [3.63, 3.8) is 0 Å². The second-order valence-corrected chi connectivity index (χ2v) is 14.6. The Morgan fingerprint density at radius 1 is 1.11 bits per heavy atom. The van der Waals surface area contributed by atoms with Gasteiger partial charge in [-0.15, -0.1) is 0 Å². The van der Waals surface area contributed by atoms with E-state index in [1.54, 1.807) is 6.07 Å². The second kappa shape index (κ2) is 15.0. The number of rotatable bonds is 11. The van der Waals surface area contributed by atoms with Gasteiger partial charge in [0.25, 0.3) is 0 Å². The minimum absolute atomic E-state index is 0.0704. The number of piperidine rings is 1. The van der Waals surface area contributed by atoms with Crippen LogP contribution in [0.1, 0.15) is 64.0 Å². The molecule has 3 N–H and O–H groups in total. The number of fused-ring (bicyclic) bond motifs is 1. The molecule has 0 radical (unpaired) electrons. The molecule has 3 aliphatic rings. The third-order valence-electron chi connectivity index (χ3n) is 10.1. The molecule has 2 amide bonds. The molecule has 248 valence electrons. The molecule has 0 bridgehead atoms. The van der Waals surface area contributed by atoms with Gasteiger partial charge in [0.1, 0.15) is 0 Å². The van der Waals surface area contributed by atoms with Crippen LogP contribution in [0.2, 0.25) is 0 Å². The molecular formula is C37H47IN2O6. The largest absolute Gasteiger partial charge is 0.504 e. The van der Waals surface area contributed by atoms with E-state index >= 15 is 0 Å². The van der Waals surface area contributed by atoms with E-state index in [1.165, 1.54) is 17.6 Å². The third kappa shape index (κ3) is 7.22. The number of phenolic OH excluding ortho intramolecular Hbond substituents is 1. The summed E-state index contributed by atoms with van der Waals surface area (Å²) >= 11 is 2.07. The van der Waals surface area contributed by atoms with E-state index in [-0.39, 0.29) is 36.1 Å². The van der Waals surface area contributed by atoms with E-state index in [9.17, 15) is 24.9 Å². The number of aliphatic hydroxyl groups excluding tert-OH is 2. The first-order chi connectivity index (χ1) is 22.0. The number of ether oxygens (including phenoxy) is 1. The monoisotopic (exact) mass is 742 g/mol. The number of carbonyl (C=O) groups excluding carboxylic acids is 2. The fraction of sp³-hybridized carbons (Fsp3) is 0.514. The molecule has 9 heteroatoms. The first kappa shape index (κ1) is 34.6. The van der Waals surface area contributed by atoms with Gasteiger partial charge < -0.3 is 20.1 Å². The van der Waals surface area contributed by atoms with Crippen molar-refractivity contribution >= 4 is 40.5 Å². The lowest BCUT2D eigenvalue weighted by atomic mass is 9.66. The van der Waals surface area contributed by atoms with Gasteiger partial charge in [0.15, 0.2) is 11.5 Å². The molecule has 0 aromatic heterocycles. The lowest BCUT2D eigenvalue weighted by molar-refractivity contribution is -0.144. The van der Waals surface area contributed by atoms with Gasteiger partial charge in [0, 0.05) is 31.6 Å². The van der Waals surface area contributed by atoms with Crippen molar-refractivity contribution < 1.29 is 29.6 Å². The first-order valence-electron chi connectivity index (χ1n) is 16.4. The summed E-state index contributed by atoms with van der Waals surface area (Å²) in [6, 6.07) is 13.9. The van der Waals surface area contributed by atoms with Gasteiger partial charge in [-0.25, -0.2) is 0 Å². The van der Waals surface area contributed by atoms with Gasteiger partial charge in [0.05, 0.1) is 35.2 Å². The minimum atomic E-state index is -0.841. The normalized spacial score (nSPS) is 23.8. The Hall–Kier alpha value is -2.73. The predicted octanol–water partition coefficient (Wildman–Crippen LogP) is 5.78. The molecule has 2 aromatic carbocycles. The summed E-state index contributed by atoms with van der Waals surface area (Å²) in [4.78, 5) is 31.9. The van der Waals surface area contributed by atoms with Crippen molar-refractivity contribution in [2.24, 2.45) is 23.7 Å². The Kier molecular flexibility index (Phi) is 11.3. The Morgan fingerprint density at radius 3 is 2.43 bits per heavy atom. The molecule has 2 aromatic rings. The summed E-state index contributed by atoms with van der Waals surface area (Å²) in [5.74, 6) is -1.43. The maximum atomic E-state index is 14.0. The molecule has 4 atom stereocenters. The standard InChI is InChI=1S/C37H47IN2O6/c1-22(2)27-19-28-34(37(45)40(36(28)44)26-12-14-39(15-13-26)20-24-8-6-5-7-9-24)29(21-41)33(27)31(42)11-10-23(3)16-25-17-30(38)35(43)32(18-25)46-4/h5-9,16-18,22,26,28-29,31,34,41-43H,10-15,19-21H2,1-4H3/b23-16+/t28-,29+,31-,34-/m1/s1. The molecule has 2 fully saturated rings. The van der Waals surface area contributed by atoms with Crippen LogP contribution >= 0.6 is 22.6 Å². The highest BCUT2D eigenvalue weighted by atomic mass is 127. The van der Waals surface area contributed by atoms with Crippen molar-refractivity contribution in [3.05, 3.63) is 73.9 Å². The zero-order valence-electron chi connectivity index (χ0n) is 27.3. The summed E-state index contributed by atoms with van der Waals surface area (Å²) in [6.07, 6.45) is 4.13. The van der Waals surface area contributed by atoms with Crippen molar-refractivity contribution in [1.82, 2.24) is 9.80 Å². The van der Waals surface area contributed by atoms with E-state index in [4.69, 9.17) is 4.74 Å². The number of imide groups is 1. The molecule has 0 unspecified atom stereocenters. The molecule has 46 heavy (non-hydrogen) atoms. The van der Waals surface area contributed by atoms with Gasteiger partial charge in [-0.3, -0.25) is 19.4 Å². The van der Waals surface area contributed by atoms with Crippen molar-refractivity contribution in [1.29, 1.82) is 0 Å². The number of hydrogen-bond donors (Lipinski definition) is 3. The van der Waals surface area contributed by atoms with E-state index < -0.39 is 23.9 Å². The lowest BCUT2D eigenvalue weighted by Gasteiger charge is -2.38. The average Bonchev–Trinajstić information content (AvgIpc) is 3.30. The molecule has 2 aliphatic heterocycles. The summed E-state index contributed by atoms with van der Waals surface area (Å²) in [6.45, 7) is 8.32. The smallest absolute Gasteiger partial charge is 0.234 e. The highest BCUT2D eigenvalue weighted by Gasteiger charge is 2.56. The highest BCUT2D eigenvalue weighted by molar-refractivity contribution is 14.1. The van der Waals surface area contributed by atoms with E-state index in [1.807, 2.05) is 37.3 Å². The van der Waals surface area contributed by atoms with E-state index in [2.05, 4.69) is 53.5 Å². The maximum absolute atomic E-state index is 14.0. The number of nitrogens with zero attached hydrogens (tertiary/aromatic N) is 2. The molecule has 8 nitrogen and oxygen atoms in total. The number of amides is 2. The van der Waals surface area contributed by atoms with Crippen molar-refractivity contribution in [2.45, 2.75) is 71.6 Å². The Labute approximate surface area is 286 Å². The SMILES string of the molecule is COc1cc(/C=C(\C)CC[C@@H](O)C2=C(C(C)C)C[C@H]3C(=O)N(C4CCN(Cc5ccccc5)CC4)C(=O)[C@H]3[C@H]2CO)cc(I)c1O. The molecule has 0 spiro atoms. The molecule has 2 heterocycles. The highest BCUT2D eigenvalue weighted by Crippen LogP contribution is 2.49. The van der Waals surface area contributed by atoms with E-state index in [0.29, 0.717) is 28.6 Å². The molecule has 1 aliphatic carbocycles. The van der Waals surface area contributed by atoms with Crippen LogP contribution in [0.25, 0.3) is 6.08 Å². The number of methoxy groups -OCH3 is 1. The quantitative estimate of drug-likeness (QED) is 0.152. The molecule has 0 saturated carbocycles. The van der Waals surface area contributed by atoms with Gasteiger partial charge in [-0.2, -0.15) is 0 Å². The van der Waals surface area contributed by atoms with Gasteiger partial charge in [0.2, 0.25) is 11.8 Å². The zero-order valence-corrected chi connectivity index (χ0v) is 29.4. The Morgan fingerprint density at radius 2 is 1.80 bits per heavy atom. The summed E-state index contributed by atoms with van der Waals surface area (Å²) in [5.41, 5.74) is 4.93. The van der Waals surface area contributed by atoms with Gasteiger partial charge >= 0.3 is 0 Å². The fourth-order valence-electron chi connectivity index (χ4n) is 7.72. The van der Waals surface area contributed by atoms with Crippen LogP contribution in [0.3, 0.4) is 0 Å². The van der Waals surface area contributed by atoms with Crippen molar-refractivity contribution in [3.8, 4) is 11.5 Å². The number of allylic oxidation sites excluding steroid dienone is 2. The van der Waals surface area contributed by atoms with Crippen LogP contribution in [0.4, 0.5) is 0 Å². The second-order valence-electron chi connectivity index (χ2n) is 13.4. The Balaban J connectivity index is 1.29. The number of halogens is 1.